The Morgan fingerprint density at radius 3 is 1.49 bits per heavy atom. The van der Waals surface area contributed by atoms with E-state index in [4.69, 9.17) is 9.05 Å². The van der Waals surface area contributed by atoms with Gasteiger partial charge in [0, 0.05) is 6.42 Å². The number of nitrogens with one attached hydrogen (secondary N) is 1. The molecule has 9 heteroatoms. The summed E-state index contributed by atoms with van der Waals surface area (Å²) in [6.07, 6.45) is 55.5. The summed E-state index contributed by atoms with van der Waals surface area (Å²) >= 11 is 0. The molecule has 1 amide bonds. The van der Waals surface area contributed by atoms with Crippen molar-refractivity contribution in [1.82, 2.24) is 5.32 Å². The highest BCUT2D eigenvalue weighted by atomic mass is 31.2. The van der Waals surface area contributed by atoms with E-state index in [1.807, 2.05) is 21.1 Å². The van der Waals surface area contributed by atoms with Crippen molar-refractivity contribution >= 4 is 13.7 Å². The number of nitrogens with zero attached hydrogens (tertiary/aromatic N) is 1. The fourth-order valence-corrected chi connectivity index (χ4v) is 7.20. The van der Waals surface area contributed by atoms with E-state index in [0.29, 0.717) is 23.9 Å². The maximum Gasteiger partial charge on any atom is 0.472 e. The Balaban J connectivity index is 3.98. The number of aliphatic hydroxyl groups excluding tert-OH is 1. The zero-order valence-electron chi connectivity index (χ0n) is 38.7. The largest absolute Gasteiger partial charge is 0.472 e. The van der Waals surface area contributed by atoms with Gasteiger partial charge in [0.1, 0.15) is 13.2 Å². The first-order chi connectivity index (χ1) is 28.5. The minimum absolute atomic E-state index is 0.0709. The molecule has 0 aromatic rings. The highest BCUT2D eigenvalue weighted by molar-refractivity contribution is 7.47. The minimum atomic E-state index is -4.31. The van der Waals surface area contributed by atoms with Gasteiger partial charge in [-0.15, -0.1) is 0 Å². The molecule has 0 saturated heterocycles. The number of hydrogen-bond donors (Lipinski definition) is 3. The lowest BCUT2D eigenvalue weighted by Gasteiger charge is -2.26. The topological polar surface area (TPSA) is 105 Å². The average molecular weight is 848 g/mol. The third-order valence-electron chi connectivity index (χ3n) is 10.2. The highest BCUT2D eigenvalue weighted by Gasteiger charge is 2.28. The second-order valence-electron chi connectivity index (χ2n) is 17.1. The molecule has 3 unspecified atom stereocenters. The summed E-state index contributed by atoms with van der Waals surface area (Å²) in [6, 6.07) is -0.761. The molecule has 0 aromatic heterocycles. The van der Waals surface area contributed by atoms with Crippen LogP contribution in [-0.2, 0) is 18.4 Å². The number of allylic oxidation sites excluding steroid dienone is 12. The van der Waals surface area contributed by atoms with Gasteiger partial charge in [-0.25, -0.2) is 4.57 Å². The number of unbranched alkanes of at least 4 members (excludes halogenated alkanes) is 17. The second-order valence-corrected chi connectivity index (χ2v) is 18.6. The molecule has 0 aliphatic carbocycles. The molecule has 0 saturated carbocycles. The number of aliphatic hydroxyl groups is 1. The summed E-state index contributed by atoms with van der Waals surface area (Å²) < 4.78 is 23.5. The van der Waals surface area contributed by atoms with Gasteiger partial charge in [-0.3, -0.25) is 13.8 Å². The van der Waals surface area contributed by atoms with E-state index in [1.165, 1.54) is 83.5 Å². The summed E-state index contributed by atoms with van der Waals surface area (Å²) in [5.41, 5.74) is 0. The van der Waals surface area contributed by atoms with Gasteiger partial charge in [0.2, 0.25) is 5.91 Å². The molecule has 0 rings (SSSR count). The molecule has 0 fully saturated rings. The molecule has 0 heterocycles. The smallest absolute Gasteiger partial charge is 0.391 e. The number of amides is 1. The zero-order valence-corrected chi connectivity index (χ0v) is 39.6. The molecule has 0 aliphatic rings. The van der Waals surface area contributed by atoms with Crippen molar-refractivity contribution in [3.8, 4) is 0 Å². The first-order valence-electron chi connectivity index (χ1n) is 23.8. The van der Waals surface area contributed by atoms with Crippen LogP contribution in [0, 0.1) is 0 Å². The predicted octanol–water partition coefficient (Wildman–Crippen LogP) is 13.6. The number of likely N-dealkylation sites (N-methyl/N-ethyl adjacent to an activating group) is 1. The van der Waals surface area contributed by atoms with Crippen molar-refractivity contribution in [2.75, 3.05) is 40.9 Å². The van der Waals surface area contributed by atoms with Crippen LogP contribution in [0.2, 0.25) is 0 Å². The molecule has 3 atom stereocenters. The first kappa shape index (κ1) is 56.9. The second kappa shape index (κ2) is 41.3. The Labute approximate surface area is 364 Å². The molecule has 8 nitrogen and oxygen atoms in total. The summed E-state index contributed by atoms with van der Waals surface area (Å²) in [5, 5.41) is 13.8. The Kier molecular flexibility index (Phi) is 39.9. The molecular weight excluding hydrogens is 756 g/mol. The average Bonchev–Trinajstić information content (AvgIpc) is 3.19. The lowest BCUT2D eigenvalue weighted by atomic mass is 10.0. The Bertz CT molecular complexity index is 1190. The van der Waals surface area contributed by atoms with Gasteiger partial charge < -0.3 is 19.8 Å². The molecule has 3 N–H and O–H groups in total. The van der Waals surface area contributed by atoms with Crippen molar-refractivity contribution in [3.63, 3.8) is 0 Å². The van der Waals surface area contributed by atoms with E-state index in [1.54, 1.807) is 0 Å². The molecule has 0 bridgehead atoms. The third-order valence-corrected chi connectivity index (χ3v) is 11.2. The van der Waals surface area contributed by atoms with Gasteiger partial charge in [-0.2, -0.15) is 0 Å². The molecule has 59 heavy (non-hydrogen) atoms. The number of quaternary nitrogens is 1. The summed E-state index contributed by atoms with van der Waals surface area (Å²) in [7, 11) is 1.60. The van der Waals surface area contributed by atoms with Crippen molar-refractivity contribution in [2.45, 2.75) is 199 Å². The predicted molar refractivity (Wildman–Crippen MR) is 253 cm³/mol. The third kappa shape index (κ3) is 43.8. The Morgan fingerprint density at radius 1 is 0.593 bits per heavy atom. The number of carbonyl (C=O) groups excluding carboxylic acids is 1. The molecule has 342 valence electrons. The molecule has 0 radical (unpaired) electrons. The van der Waals surface area contributed by atoms with Crippen LogP contribution in [0.15, 0.2) is 72.9 Å². The lowest BCUT2D eigenvalue weighted by molar-refractivity contribution is -0.870. The minimum Gasteiger partial charge on any atom is -0.391 e. The van der Waals surface area contributed by atoms with E-state index in [2.05, 4.69) is 92.1 Å². The van der Waals surface area contributed by atoms with Gasteiger partial charge >= 0.3 is 7.82 Å². The fourth-order valence-electron chi connectivity index (χ4n) is 6.46. The van der Waals surface area contributed by atoms with Crippen molar-refractivity contribution in [2.24, 2.45) is 0 Å². The zero-order chi connectivity index (χ0) is 43.6. The van der Waals surface area contributed by atoms with Gasteiger partial charge in [0.15, 0.2) is 0 Å². The SMILES string of the molecule is CC/C=C\C/C=C\C/C=C\C/C=C\C/C=C\C/C=C\CCCCCCCCCCCCCCC(=O)NC(COP(=O)(O)OCC[N+](C)(C)C)C(O)CCCCCCCC. The molecule has 0 aromatic carbocycles. The van der Waals surface area contributed by atoms with Crippen LogP contribution in [0.1, 0.15) is 187 Å². The van der Waals surface area contributed by atoms with Crippen molar-refractivity contribution in [3.05, 3.63) is 72.9 Å². The standard InChI is InChI=1S/C50H91N2O6P/c1-6-8-10-12-14-15-16-17-18-19-20-21-22-23-24-25-26-27-28-29-30-31-32-33-34-35-36-37-38-40-42-44-50(54)51-48(49(53)43-41-39-13-11-9-7-2)47-58-59(55,56)57-46-45-52(3,4)5/h8,10,14-15,17-18,20-21,23-24,26-27,48-49,53H,6-7,9,11-13,16,19,22,25,28-47H2,1-5H3,(H-,51,54,55,56)/p+1/b10-8-,15-14-,18-17-,21-20-,24-23-,27-26-. The number of hydrogen-bond acceptors (Lipinski definition) is 5. The summed E-state index contributed by atoms with van der Waals surface area (Å²) in [5.74, 6) is -0.156. The maximum absolute atomic E-state index is 12.8. The van der Waals surface area contributed by atoms with Gasteiger partial charge in [-0.05, 0) is 64.2 Å². The van der Waals surface area contributed by atoms with Gasteiger partial charge in [-0.1, -0.05) is 189 Å². The van der Waals surface area contributed by atoms with E-state index >= 15 is 0 Å². The van der Waals surface area contributed by atoms with E-state index in [0.717, 1.165) is 77.0 Å². The number of phosphoric acid groups is 1. The summed E-state index contributed by atoms with van der Waals surface area (Å²) in [6.45, 7) is 4.69. The van der Waals surface area contributed by atoms with Crippen LogP contribution in [0.25, 0.3) is 0 Å². The van der Waals surface area contributed by atoms with Gasteiger partial charge in [0.05, 0.1) is 39.9 Å². The van der Waals surface area contributed by atoms with Crippen LogP contribution < -0.4 is 5.32 Å². The van der Waals surface area contributed by atoms with Crippen molar-refractivity contribution in [1.29, 1.82) is 0 Å². The Hall–Kier alpha value is -2.06. The highest BCUT2D eigenvalue weighted by Crippen LogP contribution is 2.43. The van der Waals surface area contributed by atoms with Crippen LogP contribution in [-0.4, -0.2) is 73.4 Å². The Morgan fingerprint density at radius 2 is 1.02 bits per heavy atom. The number of carbonyl (C=O) groups is 1. The summed E-state index contributed by atoms with van der Waals surface area (Å²) in [4.78, 5) is 23.0. The molecule has 0 aliphatic heterocycles. The maximum atomic E-state index is 12.8. The quantitative estimate of drug-likeness (QED) is 0.0245. The van der Waals surface area contributed by atoms with Crippen LogP contribution in [0.5, 0.6) is 0 Å². The van der Waals surface area contributed by atoms with Crippen LogP contribution in [0.4, 0.5) is 0 Å². The van der Waals surface area contributed by atoms with E-state index in [9.17, 15) is 19.4 Å². The van der Waals surface area contributed by atoms with Crippen LogP contribution in [0.3, 0.4) is 0 Å². The first-order valence-corrected chi connectivity index (χ1v) is 25.3. The van der Waals surface area contributed by atoms with Crippen LogP contribution >= 0.6 is 7.82 Å². The normalized spacial score (nSPS) is 14.9. The van der Waals surface area contributed by atoms with E-state index in [-0.39, 0.29) is 19.1 Å². The van der Waals surface area contributed by atoms with Gasteiger partial charge in [0.25, 0.3) is 0 Å². The molecule has 0 spiro atoms. The molecular formula is C50H92N2O6P+. The van der Waals surface area contributed by atoms with E-state index < -0.39 is 20.0 Å². The van der Waals surface area contributed by atoms with Crippen molar-refractivity contribution < 1.29 is 32.9 Å². The fraction of sp³-hybridized carbons (Fsp3) is 0.740. The number of phosphoric ester groups is 1. The number of rotatable bonds is 42. The monoisotopic (exact) mass is 848 g/mol. The lowest BCUT2D eigenvalue weighted by Crippen LogP contribution is -2.46.